The van der Waals surface area contributed by atoms with Crippen molar-refractivity contribution >= 4 is 20.1 Å². The third kappa shape index (κ3) is 4.15. The molecule has 0 heterocycles. The summed E-state index contributed by atoms with van der Waals surface area (Å²) in [5, 5.41) is 10.6. The first kappa shape index (κ1) is 18.2. The summed E-state index contributed by atoms with van der Waals surface area (Å²) in [6, 6.07) is 12.9. The lowest BCUT2D eigenvalue weighted by Crippen LogP contribution is -2.11. The lowest BCUT2D eigenvalue weighted by Gasteiger charge is -2.28. The van der Waals surface area contributed by atoms with Crippen LogP contribution in [0, 0.1) is 6.92 Å². The minimum absolute atomic E-state index is 0.337. The van der Waals surface area contributed by atoms with Crippen LogP contribution in [0.3, 0.4) is 0 Å². The van der Waals surface area contributed by atoms with Crippen LogP contribution in [0.2, 0.25) is 0 Å². The Kier molecular flexibility index (Phi) is 5.64. The van der Waals surface area contributed by atoms with E-state index in [9.17, 15) is 5.11 Å². The molecule has 0 amide bonds. The highest BCUT2D eigenvalue weighted by Gasteiger charge is 2.21. The summed E-state index contributed by atoms with van der Waals surface area (Å²) in [6.45, 7) is 6.62. The summed E-state index contributed by atoms with van der Waals surface area (Å²) < 4.78 is 0. The van der Waals surface area contributed by atoms with E-state index in [-0.39, 0.29) is 0 Å². The molecule has 2 aromatic rings. The molecule has 2 aromatic carbocycles. The largest absolute Gasteiger partial charge is 0.507 e. The number of hydrogen-bond acceptors (Lipinski definition) is 1. The highest BCUT2D eigenvalue weighted by molar-refractivity contribution is 7.27. The molecule has 0 bridgehead atoms. The molecule has 1 aliphatic carbocycles. The predicted octanol–water partition coefficient (Wildman–Crippen LogP) is 5.89. The molecule has 3 rings (SSSR count). The van der Waals surface area contributed by atoms with E-state index in [2.05, 4.69) is 48.2 Å². The minimum atomic E-state index is 0.337. The molecule has 2 heteroatoms. The number of aryl methyl sites for hydroxylation is 2. The van der Waals surface area contributed by atoms with E-state index < -0.39 is 0 Å². The zero-order valence-corrected chi connectivity index (χ0v) is 16.8. The van der Waals surface area contributed by atoms with Crippen molar-refractivity contribution in [2.45, 2.75) is 58.8 Å². The van der Waals surface area contributed by atoms with Gasteiger partial charge in [0.05, 0.1) is 0 Å². The van der Waals surface area contributed by atoms with Gasteiger partial charge in [0.25, 0.3) is 0 Å². The molecule has 25 heavy (non-hydrogen) atoms. The SMILES string of the molecule is C/C(CCc1cc(C)ccc1C1CCC1)=C(\C)c1ccc(O)c(P)c1. The van der Waals surface area contributed by atoms with Crippen molar-refractivity contribution in [3.63, 3.8) is 0 Å². The Labute approximate surface area is 154 Å². The maximum Gasteiger partial charge on any atom is 0.122 e. The second-order valence-corrected chi connectivity index (χ2v) is 8.13. The van der Waals surface area contributed by atoms with E-state index >= 15 is 0 Å². The molecule has 1 fully saturated rings. The van der Waals surface area contributed by atoms with Crippen molar-refractivity contribution in [2.75, 3.05) is 0 Å². The Morgan fingerprint density at radius 1 is 1.12 bits per heavy atom. The molecule has 1 nitrogen and oxygen atoms in total. The molecule has 1 saturated carbocycles. The van der Waals surface area contributed by atoms with E-state index in [0.29, 0.717) is 5.75 Å². The van der Waals surface area contributed by atoms with Crippen LogP contribution in [0.25, 0.3) is 5.57 Å². The molecule has 1 N–H and O–H groups in total. The van der Waals surface area contributed by atoms with Crippen molar-refractivity contribution in [1.29, 1.82) is 0 Å². The summed E-state index contributed by atoms with van der Waals surface area (Å²) >= 11 is 0. The van der Waals surface area contributed by atoms with Crippen LogP contribution >= 0.6 is 9.24 Å². The fraction of sp³-hybridized carbons (Fsp3) is 0.391. The van der Waals surface area contributed by atoms with Crippen LogP contribution in [0.1, 0.15) is 67.7 Å². The highest BCUT2D eigenvalue weighted by Crippen LogP contribution is 2.39. The van der Waals surface area contributed by atoms with Crippen molar-refractivity contribution in [3.05, 3.63) is 64.2 Å². The molecule has 0 spiro atoms. The van der Waals surface area contributed by atoms with Gasteiger partial charge in [0.2, 0.25) is 0 Å². The van der Waals surface area contributed by atoms with Crippen LogP contribution in [0.5, 0.6) is 5.75 Å². The van der Waals surface area contributed by atoms with Gasteiger partial charge in [0, 0.05) is 5.30 Å². The first-order chi connectivity index (χ1) is 12.0. The average Bonchev–Trinajstić information content (AvgIpc) is 2.54. The summed E-state index contributed by atoms with van der Waals surface area (Å²) in [5.74, 6) is 1.13. The van der Waals surface area contributed by atoms with Gasteiger partial charge in [-0.25, -0.2) is 0 Å². The molecule has 0 saturated heterocycles. The minimum Gasteiger partial charge on any atom is -0.507 e. The van der Waals surface area contributed by atoms with Gasteiger partial charge in [-0.1, -0.05) is 41.8 Å². The molecule has 1 atom stereocenters. The van der Waals surface area contributed by atoms with E-state index in [0.717, 1.165) is 24.1 Å². The predicted molar refractivity (Wildman–Crippen MR) is 112 cm³/mol. The first-order valence-electron chi connectivity index (χ1n) is 9.30. The Hall–Kier alpha value is -1.59. The van der Waals surface area contributed by atoms with Gasteiger partial charge in [-0.15, -0.1) is 9.24 Å². The molecule has 0 aromatic heterocycles. The van der Waals surface area contributed by atoms with Crippen LogP contribution < -0.4 is 5.30 Å². The fourth-order valence-corrected chi connectivity index (χ4v) is 3.89. The van der Waals surface area contributed by atoms with Crippen molar-refractivity contribution in [3.8, 4) is 5.75 Å². The van der Waals surface area contributed by atoms with Gasteiger partial charge in [0.15, 0.2) is 0 Å². The summed E-state index contributed by atoms with van der Waals surface area (Å²) in [7, 11) is 2.60. The van der Waals surface area contributed by atoms with Crippen molar-refractivity contribution in [2.24, 2.45) is 0 Å². The zero-order chi connectivity index (χ0) is 18.0. The molecule has 0 radical (unpaired) electrons. The first-order valence-corrected chi connectivity index (χ1v) is 9.88. The maximum absolute atomic E-state index is 9.72. The second kappa shape index (κ2) is 7.75. The zero-order valence-electron chi connectivity index (χ0n) is 15.6. The smallest absolute Gasteiger partial charge is 0.122 e. The van der Waals surface area contributed by atoms with Gasteiger partial charge >= 0.3 is 0 Å². The topological polar surface area (TPSA) is 20.2 Å². The highest BCUT2D eigenvalue weighted by atomic mass is 31.0. The Balaban J connectivity index is 1.78. The number of allylic oxidation sites excluding steroid dienone is 2. The van der Waals surface area contributed by atoms with Crippen LogP contribution in [0.15, 0.2) is 42.0 Å². The number of benzene rings is 2. The van der Waals surface area contributed by atoms with Gasteiger partial charge in [-0.05, 0) is 86.8 Å². The molecule has 1 unspecified atom stereocenters. The summed E-state index contributed by atoms with van der Waals surface area (Å²) in [6.07, 6.45) is 6.29. The van der Waals surface area contributed by atoms with Crippen molar-refractivity contribution in [1.82, 2.24) is 0 Å². The Bertz CT molecular complexity index is 800. The number of phenolic OH excluding ortho intramolecular Hbond substituents is 1. The fourth-order valence-electron chi connectivity index (χ4n) is 3.61. The third-order valence-electron chi connectivity index (χ3n) is 5.71. The Morgan fingerprint density at radius 3 is 2.52 bits per heavy atom. The number of rotatable bonds is 5. The number of phenols is 1. The Morgan fingerprint density at radius 2 is 1.88 bits per heavy atom. The lowest BCUT2D eigenvalue weighted by molar-refractivity contribution is 0.417. The van der Waals surface area contributed by atoms with Crippen LogP contribution in [-0.2, 0) is 6.42 Å². The molecule has 1 aliphatic rings. The molecular weight excluding hydrogens is 323 g/mol. The molecule has 132 valence electrons. The normalized spacial score (nSPS) is 15.7. The number of hydrogen-bond donors (Lipinski definition) is 1. The summed E-state index contributed by atoms with van der Waals surface area (Å²) in [5.41, 5.74) is 8.43. The molecular formula is C23H29OP. The second-order valence-electron chi connectivity index (χ2n) is 7.51. The maximum atomic E-state index is 9.72. The van der Waals surface area contributed by atoms with Gasteiger partial charge in [-0.2, -0.15) is 0 Å². The monoisotopic (exact) mass is 352 g/mol. The number of aromatic hydroxyl groups is 1. The lowest BCUT2D eigenvalue weighted by atomic mass is 9.77. The summed E-state index contributed by atoms with van der Waals surface area (Å²) in [4.78, 5) is 0. The van der Waals surface area contributed by atoms with Gasteiger partial charge in [-0.3, -0.25) is 0 Å². The van der Waals surface area contributed by atoms with E-state index in [1.54, 1.807) is 11.6 Å². The van der Waals surface area contributed by atoms with E-state index in [1.807, 2.05) is 12.1 Å². The standard InChI is InChI=1S/C23H29OP/c1-15-7-11-21(18-5-4-6-18)20(13-15)9-8-16(2)17(3)19-10-12-22(24)23(25)14-19/h7,10-14,18,24H,4-6,8-9,25H2,1-3H3/b17-16-. The molecule has 0 aliphatic heterocycles. The van der Waals surface area contributed by atoms with E-state index in [4.69, 9.17) is 0 Å². The van der Waals surface area contributed by atoms with Crippen LogP contribution in [-0.4, -0.2) is 5.11 Å². The van der Waals surface area contributed by atoms with Crippen molar-refractivity contribution < 1.29 is 5.11 Å². The van der Waals surface area contributed by atoms with E-state index in [1.165, 1.54) is 47.1 Å². The quantitative estimate of drug-likeness (QED) is 0.665. The van der Waals surface area contributed by atoms with Gasteiger partial charge in [0.1, 0.15) is 5.75 Å². The average molecular weight is 352 g/mol. The van der Waals surface area contributed by atoms with Crippen LogP contribution in [0.4, 0.5) is 0 Å². The third-order valence-corrected chi connectivity index (χ3v) is 6.18. The van der Waals surface area contributed by atoms with Gasteiger partial charge < -0.3 is 5.11 Å².